The molecular weight excluding hydrogens is 636 g/mol. The van der Waals surface area contributed by atoms with Crippen molar-refractivity contribution in [3.63, 3.8) is 0 Å². The van der Waals surface area contributed by atoms with Crippen LogP contribution < -0.4 is 9.64 Å². The standard InChI is InChI=1S/C20H24FN5OS.No/c1-6-16-22-17-18(25(16)4)23-20(24-19(17)26(7-2)8-3)28-12-13-9-10-15(27-5)14(21)11-13;/h9-11H,2-3,6-8,12H2,1,4-5H3;. The van der Waals surface area contributed by atoms with Gasteiger partial charge < -0.3 is 4.74 Å². The number of hydrogen-bond acceptors (Lipinski definition) is 6. The fourth-order valence-corrected chi connectivity index (χ4v) is 6.48. The van der Waals surface area contributed by atoms with E-state index in [0.717, 1.165) is 47.9 Å². The van der Waals surface area contributed by atoms with Crippen LogP contribution in [0, 0.1) is 5.82 Å². The first-order chi connectivity index (χ1) is 14.1. The van der Waals surface area contributed by atoms with Crippen molar-refractivity contribution in [1.82, 2.24) is 19.5 Å². The average Bonchev–Trinajstić information content (AvgIpc) is 3.08. The molecule has 1 aliphatic heterocycles. The molecule has 1 saturated heterocycles. The van der Waals surface area contributed by atoms with Crippen LogP contribution in [0.4, 0.5) is 10.2 Å². The van der Waals surface area contributed by atoms with E-state index < -0.39 is 0 Å². The van der Waals surface area contributed by atoms with Gasteiger partial charge in [-0.05, 0) is 0 Å². The molecule has 3 aromatic rings. The van der Waals surface area contributed by atoms with Crippen LogP contribution in [-0.4, -0.2) is 39.7 Å². The van der Waals surface area contributed by atoms with Gasteiger partial charge in [-0.25, -0.2) is 0 Å². The molecule has 9 heteroatoms. The minimum absolute atomic E-state index is 0.258. The van der Waals surface area contributed by atoms with Crippen LogP contribution in [0.25, 0.3) is 11.2 Å². The first-order valence-electron chi connectivity index (χ1n) is 9.42. The van der Waals surface area contributed by atoms with E-state index in [1.54, 1.807) is 6.07 Å². The van der Waals surface area contributed by atoms with Crippen molar-refractivity contribution >= 4 is 28.7 Å². The number of hydrogen-bond donors (Lipinski definition) is 0. The van der Waals surface area contributed by atoms with E-state index in [-0.39, 0.29) is 11.6 Å². The molecule has 162 valence electrons. The number of methoxy groups -OCH3 is 1. The maximum atomic E-state index is 14.0. The Morgan fingerprint density at radius 3 is 2.69 bits per heavy atom. The quantitative estimate of drug-likeness (QED) is 0.294. The van der Waals surface area contributed by atoms with Crippen LogP contribution in [0.2, 0.25) is 13.8 Å². The van der Waals surface area contributed by atoms with E-state index >= 15 is 0 Å². The van der Waals surface area contributed by atoms with E-state index in [9.17, 15) is 4.39 Å². The normalized spacial score (nSPS) is 14.0. The van der Waals surface area contributed by atoms with Crippen molar-refractivity contribution in [3.8, 4) is 5.75 Å². The van der Waals surface area contributed by atoms with Crippen molar-refractivity contribution in [2.24, 2.45) is 7.05 Å². The first-order valence-corrected chi connectivity index (χ1v) is 13.5. The third-order valence-corrected chi connectivity index (χ3v) is 8.31. The molecule has 0 N–H and O–H groups in total. The van der Waals surface area contributed by atoms with Crippen LogP contribution in [0.1, 0.15) is 18.3 Å². The number of aromatic nitrogens is 4. The molecule has 1 fully saturated rings. The van der Waals surface area contributed by atoms with Gasteiger partial charge >= 0.3 is 157 Å². The Balaban J connectivity index is 1.66. The molecule has 0 bridgehead atoms. The molecule has 0 radical (unpaired) electrons. The number of anilines is 1. The molecule has 0 atom stereocenters. The molecule has 0 amide bonds. The van der Waals surface area contributed by atoms with Crippen LogP contribution in [0.15, 0.2) is 23.4 Å². The molecule has 4 rings (SSSR count). The second kappa shape index (κ2) is 7.95. The molecule has 0 saturated carbocycles. The second-order valence-electron chi connectivity index (χ2n) is 6.59. The second-order valence-corrected chi connectivity index (χ2v) is 10.9. The van der Waals surface area contributed by atoms with Gasteiger partial charge in [0, 0.05) is 0 Å². The molecule has 1 aromatic carbocycles. The van der Waals surface area contributed by atoms with Crippen molar-refractivity contribution in [1.29, 1.82) is 0 Å². The van der Waals surface area contributed by atoms with Gasteiger partial charge in [0.25, 0.3) is 0 Å². The summed E-state index contributed by atoms with van der Waals surface area (Å²) in [6, 6.07) is 5.05. The van der Waals surface area contributed by atoms with Crippen molar-refractivity contribution in [3.05, 3.63) is 35.4 Å². The maximum absolute atomic E-state index is 14.0. The number of rotatable bonds is 6. The van der Waals surface area contributed by atoms with Gasteiger partial charge in [0.1, 0.15) is 0 Å². The number of imidazole rings is 1. The molecule has 0 spiro atoms. The van der Waals surface area contributed by atoms with Gasteiger partial charge in [-0.3, -0.25) is 0 Å². The number of thioether (sulfide) groups is 1. The third kappa shape index (κ3) is 3.68. The monoisotopic (exact) mass is 660 g/mol. The van der Waals surface area contributed by atoms with Gasteiger partial charge in [0.2, 0.25) is 0 Å². The summed E-state index contributed by atoms with van der Waals surface area (Å²) < 4.78 is 21.4. The van der Waals surface area contributed by atoms with Crippen LogP contribution in [0.3, 0.4) is 0 Å². The number of nitrogens with zero attached hydrogens (tertiary/aromatic N) is 5. The Hall–Kier alpha value is -3.35. The Morgan fingerprint density at radius 1 is 1.21 bits per heavy atom. The summed E-state index contributed by atoms with van der Waals surface area (Å²) in [6.07, 6.45) is 0.852. The Bertz CT molecular complexity index is 1020. The summed E-state index contributed by atoms with van der Waals surface area (Å²) in [5.74, 6) is 2.46. The van der Waals surface area contributed by atoms with E-state index in [1.807, 2.05) is 13.1 Å². The summed E-state index contributed by atoms with van der Waals surface area (Å²) in [7, 11) is 3.48. The summed E-state index contributed by atoms with van der Waals surface area (Å²) in [5.41, 5.74) is 2.64. The predicted octanol–water partition coefficient (Wildman–Crippen LogP) is 4.11. The van der Waals surface area contributed by atoms with E-state index in [4.69, 9.17) is 19.7 Å². The van der Waals surface area contributed by atoms with Gasteiger partial charge in [-0.15, -0.1) is 0 Å². The molecule has 29 heavy (non-hydrogen) atoms. The SMILES string of the molecule is CCc1nc2c(N3C[CH2][No][CH2]C3)nc(SCc3ccc(OC)c(F)c3)nc2n1C. The summed E-state index contributed by atoms with van der Waals surface area (Å²) in [4.78, 5) is 16.8. The molecule has 3 heterocycles. The number of benzene rings is 1. The summed E-state index contributed by atoms with van der Waals surface area (Å²) >= 11 is 1.52. The van der Waals surface area contributed by atoms with Gasteiger partial charge in [0.15, 0.2) is 0 Å². The van der Waals surface area contributed by atoms with Crippen molar-refractivity contribution in [2.45, 2.75) is 38.1 Å². The third-order valence-electron chi connectivity index (χ3n) is 4.82. The van der Waals surface area contributed by atoms with Crippen molar-refractivity contribution < 1.29 is 9.13 Å². The van der Waals surface area contributed by atoms with Crippen LogP contribution in [0.5, 0.6) is 5.75 Å². The van der Waals surface area contributed by atoms with Gasteiger partial charge in [-0.1, -0.05) is 0 Å². The first kappa shape index (κ1) is 19.0. The molecule has 0 aliphatic carbocycles. The average molecular weight is 661 g/mol. The topological polar surface area (TPSA) is 56.1 Å². The molecule has 1 aliphatic rings. The minimum atomic E-state index is -0.349. The zero-order chi connectivity index (χ0) is 20.4. The van der Waals surface area contributed by atoms with Crippen molar-refractivity contribution in [2.75, 3.05) is 25.1 Å². The van der Waals surface area contributed by atoms with E-state index in [2.05, 4.69) is 16.4 Å². The zero-order valence-electron chi connectivity index (χ0n) is 16.7. The van der Waals surface area contributed by atoms with Crippen LogP contribution in [-0.2, 0) is 19.2 Å². The molecular formula is C20H24FN5NoOS. The van der Waals surface area contributed by atoms with E-state index in [0.29, 0.717) is 10.9 Å². The van der Waals surface area contributed by atoms with Gasteiger partial charge in [-0.2, -0.15) is 0 Å². The molecule has 2 aromatic heterocycles. The predicted molar refractivity (Wildman–Crippen MR) is 110 cm³/mol. The Kier molecular flexibility index (Phi) is 5.20. The van der Waals surface area contributed by atoms with Gasteiger partial charge in [0.05, 0.1) is 7.11 Å². The zero-order valence-corrected chi connectivity index (χ0v) is 19.7. The Labute approximate surface area is 169 Å². The Morgan fingerprint density at radius 2 is 2.00 bits per heavy atom. The molecule has 6 nitrogen and oxygen atoms in total. The summed E-state index contributed by atoms with van der Waals surface area (Å²) in [5, 5.41) is 0.703. The number of fused-ring (bicyclic) bond motifs is 1. The number of halogens is 1. The fourth-order valence-electron chi connectivity index (χ4n) is 3.24. The molecule has 0 unspecified atom stereocenters. The fraction of sp³-hybridized carbons (Fsp3) is 0.450. The van der Waals surface area contributed by atoms with Crippen LogP contribution >= 0.6 is 11.8 Å². The number of ether oxygens (including phenoxy) is 1. The number of aryl methyl sites for hydroxylation is 2. The summed E-state index contributed by atoms with van der Waals surface area (Å²) in [6.45, 7) is 6.76. The van der Waals surface area contributed by atoms with E-state index in [1.165, 1.54) is 38.8 Å².